The summed E-state index contributed by atoms with van der Waals surface area (Å²) in [7, 11) is 1.78. The SMILES string of the molecule is CN1C2CC(Oc3ccc4c(n3)OCc3cc(-n5nccn5)ccc3-4)CC1C(F)(F)C2. The van der Waals surface area contributed by atoms with Gasteiger partial charge in [-0.2, -0.15) is 20.0 Å². The summed E-state index contributed by atoms with van der Waals surface area (Å²) in [5.74, 6) is -1.74. The predicted octanol–water partition coefficient (Wildman–Crippen LogP) is 3.47. The number of nitrogens with zero attached hydrogens (tertiary/aromatic N) is 5. The Balaban J connectivity index is 1.23. The van der Waals surface area contributed by atoms with Crippen molar-refractivity contribution in [2.24, 2.45) is 0 Å². The highest BCUT2D eigenvalue weighted by atomic mass is 19.3. The molecular weight excluding hydrogens is 404 g/mol. The van der Waals surface area contributed by atoms with Gasteiger partial charge in [-0.15, -0.1) is 0 Å². The average molecular weight is 425 g/mol. The zero-order chi connectivity index (χ0) is 21.2. The normalized spacial score (nSPS) is 26.1. The molecule has 3 aliphatic heterocycles. The standard InChI is InChI=1S/C22H21F2N5O2/c1-28-15-9-16(10-19(28)22(23,24)11-15)31-20-5-4-18-17-3-2-14(29-25-6-7-26-29)8-13(17)12-30-21(18)27-20/h2-8,15-16,19H,9-12H2,1H3. The van der Waals surface area contributed by atoms with Crippen molar-refractivity contribution in [2.75, 3.05) is 7.05 Å². The maximum Gasteiger partial charge on any atom is 0.264 e. The molecule has 1 aromatic carbocycles. The van der Waals surface area contributed by atoms with Crippen LogP contribution < -0.4 is 9.47 Å². The lowest BCUT2D eigenvalue weighted by Gasteiger charge is -2.36. The van der Waals surface area contributed by atoms with Gasteiger partial charge in [-0.25, -0.2) is 8.78 Å². The van der Waals surface area contributed by atoms with Crippen LogP contribution >= 0.6 is 0 Å². The third-order valence-corrected chi connectivity index (χ3v) is 6.60. The van der Waals surface area contributed by atoms with Gasteiger partial charge in [0.25, 0.3) is 5.92 Å². The molecule has 9 heteroatoms. The van der Waals surface area contributed by atoms with E-state index >= 15 is 0 Å². The van der Waals surface area contributed by atoms with E-state index in [1.807, 2.05) is 24.3 Å². The summed E-state index contributed by atoms with van der Waals surface area (Å²) in [5, 5.41) is 8.32. The van der Waals surface area contributed by atoms with Crippen LogP contribution in [0.15, 0.2) is 42.7 Å². The van der Waals surface area contributed by atoms with E-state index in [1.54, 1.807) is 35.2 Å². The van der Waals surface area contributed by atoms with Gasteiger partial charge in [-0.1, -0.05) is 6.07 Å². The Hall–Kier alpha value is -3.07. The first-order chi connectivity index (χ1) is 15.0. The van der Waals surface area contributed by atoms with Crippen LogP contribution in [0.2, 0.25) is 0 Å². The van der Waals surface area contributed by atoms with Gasteiger partial charge in [0.1, 0.15) is 12.7 Å². The van der Waals surface area contributed by atoms with Gasteiger partial charge in [0.05, 0.1) is 24.1 Å². The number of benzene rings is 1. The number of hydrogen-bond acceptors (Lipinski definition) is 6. The molecule has 3 atom stereocenters. The van der Waals surface area contributed by atoms with Gasteiger partial charge in [-0.3, -0.25) is 4.90 Å². The number of ether oxygens (including phenoxy) is 2. The molecule has 5 heterocycles. The largest absolute Gasteiger partial charge is 0.474 e. The molecule has 160 valence electrons. The summed E-state index contributed by atoms with van der Waals surface area (Å²) in [6.07, 6.45) is 3.77. The van der Waals surface area contributed by atoms with Crippen molar-refractivity contribution < 1.29 is 18.3 Å². The fourth-order valence-corrected chi connectivity index (χ4v) is 5.04. The van der Waals surface area contributed by atoms with Crippen molar-refractivity contribution in [3.8, 4) is 28.6 Å². The molecule has 0 spiro atoms. The highest BCUT2D eigenvalue weighted by Crippen LogP contribution is 2.45. The Labute approximate surface area is 177 Å². The number of rotatable bonds is 3. The summed E-state index contributed by atoms with van der Waals surface area (Å²) in [6, 6.07) is 8.74. The van der Waals surface area contributed by atoms with Crippen LogP contribution in [0.5, 0.6) is 11.8 Å². The van der Waals surface area contributed by atoms with E-state index in [0.717, 1.165) is 22.4 Å². The second kappa shape index (κ2) is 6.71. The molecule has 0 radical (unpaired) electrons. The fourth-order valence-electron chi connectivity index (χ4n) is 5.04. The molecular formula is C22H21F2N5O2. The predicted molar refractivity (Wildman–Crippen MR) is 107 cm³/mol. The first-order valence-corrected chi connectivity index (χ1v) is 10.4. The zero-order valence-electron chi connectivity index (χ0n) is 16.9. The summed E-state index contributed by atoms with van der Waals surface area (Å²) in [4.78, 5) is 7.89. The Morgan fingerprint density at radius 2 is 1.90 bits per heavy atom. The first kappa shape index (κ1) is 18.7. The van der Waals surface area contributed by atoms with Crippen LogP contribution in [-0.4, -0.2) is 56.0 Å². The maximum atomic E-state index is 14.2. The molecule has 2 bridgehead atoms. The van der Waals surface area contributed by atoms with Crippen molar-refractivity contribution in [1.29, 1.82) is 0 Å². The number of aromatic nitrogens is 4. The topological polar surface area (TPSA) is 65.3 Å². The zero-order valence-corrected chi connectivity index (χ0v) is 16.9. The van der Waals surface area contributed by atoms with E-state index in [2.05, 4.69) is 15.2 Å². The Bertz CT molecular complexity index is 1140. The molecule has 2 saturated heterocycles. The number of alkyl halides is 2. The smallest absolute Gasteiger partial charge is 0.264 e. The van der Waals surface area contributed by atoms with Crippen molar-refractivity contribution in [1.82, 2.24) is 24.9 Å². The minimum atomic E-state index is -2.65. The van der Waals surface area contributed by atoms with Crippen LogP contribution in [0.4, 0.5) is 8.78 Å². The molecule has 2 aromatic heterocycles. The summed E-state index contributed by atoms with van der Waals surface area (Å²) < 4.78 is 40.3. The molecule has 0 aliphatic carbocycles. The van der Waals surface area contributed by atoms with Crippen molar-refractivity contribution >= 4 is 0 Å². The van der Waals surface area contributed by atoms with E-state index in [-0.39, 0.29) is 18.6 Å². The molecule has 6 rings (SSSR count). The van der Waals surface area contributed by atoms with Crippen LogP contribution in [0.1, 0.15) is 24.8 Å². The van der Waals surface area contributed by atoms with Gasteiger partial charge in [0, 0.05) is 36.9 Å². The van der Waals surface area contributed by atoms with E-state index in [1.165, 1.54) is 0 Å². The van der Waals surface area contributed by atoms with Crippen LogP contribution in [0, 0.1) is 0 Å². The van der Waals surface area contributed by atoms with E-state index in [9.17, 15) is 8.78 Å². The van der Waals surface area contributed by atoms with Gasteiger partial charge in [0.15, 0.2) is 0 Å². The number of halogens is 2. The molecule has 31 heavy (non-hydrogen) atoms. The quantitative estimate of drug-likeness (QED) is 0.640. The molecule has 2 fully saturated rings. The van der Waals surface area contributed by atoms with Gasteiger partial charge < -0.3 is 9.47 Å². The number of piperidine rings is 1. The summed E-state index contributed by atoms with van der Waals surface area (Å²) in [6.45, 7) is 0.374. The number of pyridine rings is 1. The number of fused-ring (bicyclic) bond motifs is 5. The summed E-state index contributed by atoms with van der Waals surface area (Å²) >= 11 is 0. The highest BCUT2D eigenvalue weighted by molar-refractivity contribution is 5.74. The van der Waals surface area contributed by atoms with Crippen molar-refractivity contribution in [2.45, 2.75) is 50.0 Å². The molecule has 0 amide bonds. The van der Waals surface area contributed by atoms with Crippen molar-refractivity contribution in [3.05, 3.63) is 48.3 Å². The van der Waals surface area contributed by atoms with Gasteiger partial charge in [0.2, 0.25) is 11.8 Å². The lowest BCUT2D eigenvalue weighted by atomic mass is 9.98. The Morgan fingerprint density at radius 3 is 2.71 bits per heavy atom. The Morgan fingerprint density at radius 1 is 1.10 bits per heavy atom. The van der Waals surface area contributed by atoms with Crippen LogP contribution in [-0.2, 0) is 6.61 Å². The highest BCUT2D eigenvalue weighted by Gasteiger charge is 2.56. The molecule has 7 nitrogen and oxygen atoms in total. The fraction of sp³-hybridized carbons (Fsp3) is 0.409. The maximum absolute atomic E-state index is 14.2. The van der Waals surface area contributed by atoms with Crippen molar-refractivity contribution in [3.63, 3.8) is 0 Å². The van der Waals surface area contributed by atoms with E-state index < -0.39 is 12.0 Å². The third-order valence-electron chi connectivity index (χ3n) is 6.60. The van der Waals surface area contributed by atoms with E-state index in [0.29, 0.717) is 31.2 Å². The van der Waals surface area contributed by atoms with Crippen LogP contribution in [0.25, 0.3) is 16.8 Å². The van der Waals surface area contributed by atoms with Crippen LogP contribution in [0.3, 0.4) is 0 Å². The number of hydrogen-bond donors (Lipinski definition) is 0. The third kappa shape index (κ3) is 3.06. The van der Waals surface area contributed by atoms with Gasteiger partial charge in [-0.05, 0) is 36.4 Å². The second-order valence-corrected chi connectivity index (χ2v) is 8.46. The lowest BCUT2D eigenvalue weighted by molar-refractivity contribution is -0.0479. The molecule has 3 unspecified atom stereocenters. The van der Waals surface area contributed by atoms with Gasteiger partial charge >= 0.3 is 0 Å². The molecule has 0 saturated carbocycles. The molecule has 0 N–H and O–H groups in total. The lowest BCUT2D eigenvalue weighted by Crippen LogP contribution is -2.47. The molecule has 3 aromatic rings. The second-order valence-electron chi connectivity index (χ2n) is 8.46. The first-order valence-electron chi connectivity index (χ1n) is 10.4. The minimum Gasteiger partial charge on any atom is -0.474 e. The summed E-state index contributed by atoms with van der Waals surface area (Å²) in [5.41, 5.74) is 3.79. The Kier molecular flexibility index (Phi) is 4.05. The average Bonchev–Trinajstić information content (AvgIpc) is 3.33. The monoisotopic (exact) mass is 425 g/mol. The minimum absolute atomic E-state index is 0.0957. The molecule has 3 aliphatic rings. The van der Waals surface area contributed by atoms with E-state index in [4.69, 9.17) is 9.47 Å².